The van der Waals surface area contributed by atoms with Crippen LogP contribution in [0.1, 0.15) is 37.0 Å². The van der Waals surface area contributed by atoms with Crippen LogP contribution in [0.4, 0.5) is 11.4 Å². The average Bonchev–Trinajstić information content (AvgIpc) is 3.29. The zero-order valence-electron chi connectivity index (χ0n) is 12.6. The number of benzene rings is 1. The molecular formula is C15H21N3O3. The summed E-state index contributed by atoms with van der Waals surface area (Å²) in [6.07, 6.45) is 2.25. The summed E-state index contributed by atoms with van der Waals surface area (Å²) in [7, 11) is 1.72. The van der Waals surface area contributed by atoms with Crippen molar-refractivity contribution in [3.8, 4) is 0 Å². The van der Waals surface area contributed by atoms with Gasteiger partial charge < -0.3 is 10.2 Å². The Labute approximate surface area is 124 Å². The standard InChI is InChI=1S/C15H21N3O3/c1-4-16-12-7-8-14(18(20)21)13(9-12)15(19)17(3)10(2)11-5-6-11/h7-11,16H,4-6H2,1-3H3. The molecule has 1 saturated carbocycles. The van der Waals surface area contributed by atoms with E-state index in [2.05, 4.69) is 5.32 Å². The predicted molar refractivity (Wildman–Crippen MR) is 81.5 cm³/mol. The Hall–Kier alpha value is -2.11. The van der Waals surface area contributed by atoms with E-state index in [1.807, 2.05) is 13.8 Å². The Kier molecular flexibility index (Phi) is 4.45. The maximum atomic E-state index is 12.6. The van der Waals surface area contributed by atoms with Gasteiger partial charge in [-0.25, -0.2) is 0 Å². The van der Waals surface area contributed by atoms with Crippen LogP contribution in [0.2, 0.25) is 0 Å². The minimum atomic E-state index is -0.501. The van der Waals surface area contributed by atoms with E-state index >= 15 is 0 Å². The number of rotatable bonds is 6. The van der Waals surface area contributed by atoms with Gasteiger partial charge in [0.15, 0.2) is 0 Å². The van der Waals surface area contributed by atoms with Crippen LogP contribution in [0.25, 0.3) is 0 Å². The lowest BCUT2D eigenvalue weighted by Gasteiger charge is -2.25. The van der Waals surface area contributed by atoms with Crippen molar-refractivity contribution in [1.29, 1.82) is 0 Å². The molecule has 1 unspecified atom stereocenters. The molecule has 114 valence electrons. The van der Waals surface area contributed by atoms with Gasteiger partial charge in [-0.05, 0) is 44.7 Å². The minimum Gasteiger partial charge on any atom is -0.385 e. The van der Waals surface area contributed by atoms with Crippen molar-refractivity contribution < 1.29 is 9.72 Å². The van der Waals surface area contributed by atoms with Crippen LogP contribution in [0.15, 0.2) is 18.2 Å². The molecule has 1 N–H and O–H groups in total. The summed E-state index contributed by atoms with van der Waals surface area (Å²) < 4.78 is 0. The first-order valence-electron chi connectivity index (χ1n) is 7.25. The highest BCUT2D eigenvalue weighted by Gasteiger charge is 2.34. The summed E-state index contributed by atoms with van der Waals surface area (Å²) in [6, 6.07) is 4.70. The molecule has 0 saturated heterocycles. The molecule has 0 spiro atoms. The summed E-state index contributed by atoms with van der Waals surface area (Å²) in [4.78, 5) is 24.9. The maximum absolute atomic E-state index is 12.6. The lowest BCUT2D eigenvalue weighted by molar-refractivity contribution is -0.385. The fourth-order valence-corrected chi connectivity index (χ4v) is 2.45. The number of nitrogens with zero attached hydrogens (tertiary/aromatic N) is 2. The molecule has 1 amide bonds. The minimum absolute atomic E-state index is 0.111. The number of carbonyl (C=O) groups excluding carboxylic acids is 1. The maximum Gasteiger partial charge on any atom is 0.282 e. The van der Waals surface area contributed by atoms with Crippen molar-refractivity contribution >= 4 is 17.3 Å². The zero-order chi connectivity index (χ0) is 15.6. The van der Waals surface area contributed by atoms with Gasteiger partial charge in [-0.3, -0.25) is 14.9 Å². The number of carbonyl (C=O) groups is 1. The molecular weight excluding hydrogens is 270 g/mol. The van der Waals surface area contributed by atoms with Gasteiger partial charge in [-0.1, -0.05) is 0 Å². The van der Waals surface area contributed by atoms with E-state index in [-0.39, 0.29) is 23.2 Å². The molecule has 1 fully saturated rings. The first-order chi connectivity index (χ1) is 9.95. The molecule has 6 nitrogen and oxygen atoms in total. The highest BCUT2D eigenvalue weighted by molar-refractivity contribution is 5.99. The number of hydrogen-bond donors (Lipinski definition) is 1. The van der Waals surface area contributed by atoms with Gasteiger partial charge in [0.2, 0.25) is 0 Å². The lowest BCUT2D eigenvalue weighted by atomic mass is 10.1. The number of hydrogen-bond acceptors (Lipinski definition) is 4. The topological polar surface area (TPSA) is 75.5 Å². The van der Waals surface area contributed by atoms with E-state index < -0.39 is 4.92 Å². The molecule has 0 bridgehead atoms. The van der Waals surface area contributed by atoms with E-state index in [0.717, 1.165) is 18.5 Å². The molecule has 1 aromatic rings. The first kappa shape index (κ1) is 15.3. The number of nitrogens with one attached hydrogen (secondary N) is 1. The smallest absolute Gasteiger partial charge is 0.282 e. The molecule has 21 heavy (non-hydrogen) atoms. The van der Waals surface area contributed by atoms with Gasteiger partial charge in [0.25, 0.3) is 11.6 Å². The second kappa shape index (κ2) is 6.11. The third kappa shape index (κ3) is 3.32. The molecule has 0 radical (unpaired) electrons. The highest BCUT2D eigenvalue weighted by atomic mass is 16.6. The summed E-state index contributed by atoms with van der Waals surface area (Å²) in [6.45, 7) is 4.62. The predicted octanol–water partition coefficient (Wildman–Crippen LogP) is 2.90. The summed E-state index contributed by atoms with van der Waals surface area (Å²) >= 11 is 0. The van der Waals surface area contributed by atoms with E-state index in [4.69, 9.17) is 0 Å². The number of nitro groups is 1. The van der Waals surface area contributed by atoms with Crippen LogP contribution in [-0.4, -0.2) is 35.4 Å². The Morgan fingerprint density at radius 3 is 2.71 bits per heavy atom. The van der Waals surface area contributed by atoms with Crippen molar-refractivity contribution in [2.75, 3.05) is 18.9 Å². The van der Waals surface area contributed by atoms with Crippen molar-refractivity contribution in [3.63, 3.8) is 0 Å². The van der Waals surface area contributed by atoms with Gasteiger partial charge >= 0.3 is 0 Å². The van der Waals surface area contributed by atoms with E-state index in [0.29, 0.717) is 12.5 Å². The molecule has 1 aromatic carbocycles. The fourth-order valence-electron chi connectivity index (χ4n) is 2.45. The van der Waals surface area contributed by atoms with Crippen LogP contribution in [0, 0.1) is 16.0 Å². The van der Waals surface area contributed by atoms with Gasteiger partial charge in [0.1, 0.15) is 5.56 Å². The summed E-state index contributed by atoms with van der Waals surface area (Å²) in [5.41, 5.74) is 0.726. The van der Waals surface area contributed by atoms with Crippen molar-refractivity contribution in [2.45, 2.75) is 32.7 Å². The molecule has 1 atom stereocenters. The SMILES string of the molecule is CCNc1ccc([N+](=O)[O-])c(C(=O)N(C)C(C)C2CC2)c1. The van der Waals surface area contributed by atoms with E-state index in [1.54, 1.807) is 24.1 Å². The normalized spacial score (nSPS) is 15.4. The number of nitro benzene ring substituents is 1. The van der Waals surface area contributed by atoms with Crippen molar-refractivity contribution in [3.05, 3.63) is 33.9 Å². The number of amides is 1. The Bertz CT molecular complexity index is 555. The summed E-state index contributed by atoms with van der Waals surface area (Å²) in [5.74, 6) is 0.232. The molecule has 1 aliphatic rings. The largest absolute Gasteiger partial charge is 0.385 e. The van der Waals surface area contributed by atoms with Gasteiger partial charge in [-0.2, -0.15) is 0 Å². The van der Waals surface area contributed by atoms with Crippen LogP contribution >= 0.6 is 0 Å². The molecule has 2 rings (SSSR count). The Balaban J connectivity index is 2.32. The van der Waals surface area contributed by atoms with Crippen LogP contribution in [0.5, 0.6) is 0 Å². The van der Waals surface area contributed by atoms with Crippen molar-refractivity contribution in [2.24, 2.45) is 5.92 Å². The average molecular weight is 291 g/mol. The fraction of sp³-hybridized carbons (Fsp3) is 0.533. The quantitative estimate of drug-likeness (QED) is 0.646. The Morgan fingerprint density at radius 1 is 1.52 bits per heavy atom. The monoisotopic (exact) mass is 291 g/mol. The Morgan fingerprint density at radius 2 is 2.19 bits per heavy atom. The van der Waals surface area contributed by atoms with Gasteiger partial charge in [-0.15, -0.1) is 0 Å². The van der Waals surface area contributed by atoms with Gasteiger partial charge in [0, 0.05) is 31.4 Å². The second-order valence-corrected chi connectivity index (χ2v) is 5.51. The van der Waals surface area contributed by atoms with E-state index in [1.165, 1.54) is 6.07 Å². The molecule has 0 aromatic heterocycles. The third-order valence-corrected chi connectivity index (χ3v) is 4.04. The van der Waals surface area contributed by atoms with Gasteiger partial charge in [0.05, 0.1) is 4.92 Å². The highest BCUT2D eigenvalue weighted by Crippen LogP contribution is 2.35. The van der Waals surface area contributed by atoms with Crippen LogP contribution < -0.4 is 5.32 Å². The first-order valence-corrected chi connectivity index (χ1v) is 7.25. The van der Waals surface area contributed by atoms with E-state index in [9.17, 15) is 14.9 Å². The van der Waals surface area contributed by atoms with Crippen LogP contribution in [0.3, 0.4) is 0 Å². The lowest BCUT2D eigenvalue weighted by Crippen LogP contribution is -2.36. The zero-order valence-corrected chi connectivity index (χ0v) is 12.6. The third-order valence-electron chi connectivity index (χ3n) is 4.04. The molecule has 1 aliphatic carbocycles. The van der Waals surface area contributed by atoms with Crippen LogP contribution in [-0.2, 0) is 0 Å². The summed E-state index contributed by atoms with van der Waals surface area (Å²) in [5, 5.41) is 14.2. The number of anilines is 1. The second-order valence-electron chi connectivity index (χ2n) is 5.51. The molecule has 0 aliphatic heterocycles. The molecule has 6 heteroatoms. The molecule has 0 heterocycles. The van der Waals surface area contributed by atoms with Crippen molar-refractivity contribution in [1.82, 2.24) is 4.90 Å².